The second-order valence-corrected chi connectivity index (χ2v) is 4.44. The maximum Gasteiger partial charge on any atom is 0.136 e. The molecule has 17 heavy (non-hydrogen) atoms. The Labute approximate surface area is 100 Å². The molecule has 0 saturated carbocycles. The molecular weight excluding hydrogens is 244 g/mol. The molecule has 0 atom stereocenters. The summed E-state index contributed by atoms with van der Waals surface area (Å²) in [5.74, 6) is -1.49. The highest BCUT2D eigenvalue weighted by molar-refractivity contribution is 7.17. The second-order valence-electron chi connectivity index (χ2n) is 3.44. The van der Waals surface area contributed by atoms with Crippen LogP contribution in [0.1, 0.15) is 10.6 Å². The van der Waals surface area contributed by atoms with Crippen molar-refractivity contribution in [2.75, 3.05) is 0 Å². The molecule has 0 amide bonds. The van der Waals surface area contributed by atoms with Crippen LogP contribution in [-0.2, 0) is 0 Å². The number of nitrogens with one attached hydrogen (secondary N) is 1. The Morgan fingerprint density at radius 3 is 2.41 bits per heavy atom. The van der Waals surface area contributed by atoms with Crippen LogP contribution >= 0.6 is 11.3 Å². The van der Waals surface area contributed by atoms with Crippen LogP contribution in [0.3, 0.4) is 0 Å². The first-order valence-corrected chi connectivity index (χ1v) is 5.58. The summed E-state index contributed by atoms with van der Waals surface area (Å²) in [6.07, 6.45) is 0. The maximum atomic E-state index is 13.5. The number of hydrogen-bond donors (Lipinski definition) is 2. The summed E-state index contributed by atoms with van der Waals surface area (Å²) >= 11 is 1.01. The molecule has 0 radical (unpaired) electrons. The molecule has 6 heteroatoms. The van der Waals surface area contributed by atoms with Crippen molar-refractivity contribution in [1.82, 2.24) is 4.98 Å². The molecule has 0 aliphatic carbocycles. The summed E-state index contributed by atoms with van der Waals surface area (Å²) in [5, 5.41) is 7.52. The van der Waals surface area contributed by atoms with Crippen molar-refractivity contribution >= 4 is 17.2 Å². The van der Waals surface area contributed by atoms with Crippen LogP contribution in [0.5, 0.6) is 0 Å². The number of hydrogen-bond acceptors (Lipinski definition) is 3. The zero-order chi connectivity index (χ0) is 12.6. The Hall–Kier alpha value is -1.82. The first-order valence-electron chi connectivity index (χ1n) is 4.77. The molecule has 0 fully saturated rings. The van der Waals surface area contributed by atoms with E-state index in [4.69, 9.17) is 11.1 Å². The zero-order valence-corrected chi connectivity index (χ0v) is 9.74. The lowest BCUT2D eigenvalue weighted by Gasteiger charge is -1.99. The minimum atomic E-state index is -0.672. The van der Waals surface area contributed by atoms with Crippen LogP contribution in [0.4, 0.5) is 8.78 Å². The normalized spacial score (nSPS) is 10.5. The van der Waals surface area contributed by atoms with Crippen LogP contribution in [0.25, 0.3) is 10.6 Å². The first kappa shape index (κ1) is 11.7. The summed E-state index contributed by atoms with van der Waals surface area (Å²) in [5.41, 5.74) is 5.68. The van der Waals surface area contributed by atoms with Gasteiger partial charge in [-0.1, -0.05) is 6.07 Å². The fraction of sp³-hybridized carbons (Fsp3) is 0.0909. The third-order valence-electron chi connectivity index (χ3n) is 2.22. The SMILES string of the molecule is Cc1nc(-c2c(F)cccc2F)sc1C(=N)N. The van der Waals surface area contributed by atoms with Gasteiger partial charge in [-0.25, -0.2) is 13.8 Å². The third kappa shape index (κ3) is 2.03. The number of amidine groups is 1. The number of halogens is 2. The van der Waals surface area contributed by atoms with Crippen molar-refractivity contribution in [3.63, 3.8) is 0 Å². The van der Waals surface area contributed by atoms with Crippen LogP contribution < -0.4 is 5.73 Å². The summed E-state index contributed by atoms with van der Waals surface area (Å²) in [6, 6.07) is 3.63. The van der Waals surface area contributed by atoms with Gasteiger partial charge >= 0.3 is 0 Å². The number of nitrogen functional groups attached to an aromatic ring is 1. The Morgan fingerprint density at radius 2 is 1.94 bits per heavy atom. The lowest BCUT2D eigenvalue weighted by Crippen LogP contribution is -2.10. The Bertz CT molecular complexity index is 572. The fourth-order valence-electron chi connectivity index (χ4n) is 1.46. The highest BCUT2D eigenvalue weighted by Gasteiger charge is 2.17. The molecule has 88 valence electrons. The van der Waals surface area contributed by atoms with E-state index in [-0.39, 0.29) is 16.4 Å². The number of nitrogens with zero attached hydrogens (tertiary/aromatic N) is 1. The van der Waals surface area contributed by atoms with Gasteiger partial charge in [0.25, 0.3) is 0 Å². The van der Waals surface area contributed by atoms with E-state index in [2.05, 4.69) is 4.98 Å². The van der Waals surface area contributed by atoms with E-state index in [0.29, 0.717) is 10.6 Å². The van der Waals surface area contributed by atoms with Crippen molar-refractivity contribution in [1.29, 1.82) is 5.41 Å². The lowest BCUT2D eigenvalue weighted by atomic mass is 10.2. The van der Waals surface area contributed by atoms with Crippen molar-refractivity contribution in [3.8, 4) is 10.6 Å². The predicted molar refractivity (Wildman–Crippen MR) is 63.2 cm³/mol. The van der Waals surface area contributed by atoms with E-state index in [9.17, 15) is 8.78 Å². The molecule has 0 saturated heterocycles. The quantitative estimate of drug-likeness (QED) is 0.638. The van der Waals surface area contributed by atoms with Gasteiger partial charge in [0.15, 0.2) is 0 Å². The predicted octanol–water partition coefficient (Wildman–Crippen LogP) is 2.68. The zero-order valence-electron chi connectivity index (χ0n) is 8.92. The van der Waals surface area contributed by atoms with Crippen molar-refractivity contribution in [2.45, 2.75) is 6.92 Å². The van der Waals surface area contributed by atoms with Crippen LogP contribution in [0, 0.1) is 24.0 Å². The number of benzene rings is 1. The van der Waals surface area contributed by atoms with E-state index in [0.717, 1.165) is 11.3 Å². The maximum absolute atomic E-state index is 13.5. The van der Waals surface area contributed by atoms with Crippen molar-refractivity contribution < 1.29 is 8.78 Å². The van der Waals surface area contributed by atoms with Gasteiger partial charge in [0.1, 0.15) is 22.5 Å². The highest BCUT2D eigenvalue weighted by Crippen LogP contribution is 2.31. The molecule has 0 aliphatic rings. The average Bonchev–Trinajstić information content (AvgIpc) is 2.60. The monoisotopic (exact) mass is 253 g/mol. The van der Waals surface area contributed by atoms with Crippen LogP contribution in [-0.4, -0.2) is 10.8 Å². The molecule has 1 heterocycles. The van der Waals surface area contributed by atoms with Gasteiger partial charge < -0.3 is 5.73 Å². The number of aromatic nitrogens is 1. The van der Waals surface area contributed by atoms with E-state index in [1.54, 1.807) is 6.92 Å². The summed E-state index contributed by atoms with van der Waals surface area (Å²) < 4.78 is 27.0. The molecule has 2 aromatic rings. The molecule has 1 aromatic heterocycles. The van der Waals surface area contributed by atoms with Gasteiger partial charge in [-0.2, -0.15) is 0 Å². The molecule has 3 N–H and O–H groups in total. The molecule has 2 rings (SSSR count). The minimum absolute atomic E-state index is 0.150. The van der Waals surface area contributed by atoms with Crippen LogP contribution in [0.15, 0.2) is 18.2 Å². The van der Waals surface area contributed by atoms with Gasteiger partial charge in [0, 0.05) is 0 Å². The van der Waals surface area contributed by atoms with Gasteiger partial charge in [-0.05, 0) is 19.1 Å². The Kier molecular flexibility index (Phi) is 2.89. The van der Waals surface area contributed by atoms with Gasteiger partial charge in [-0.3, -0.25) is 5.41 Å². The van der Waals surface area contributed by atoms with Gasteiger partial charge in [0.2, 0.25) is 0 Å². The smallest absolute Gasteiger partial charge is 0.136 e. The summed E-state index contributed by atoms with van der Waals surface area (Å²) in [6.45, 7) is 1.65. The number of thiazole rings is 1. The molecule has 0 unspecified atom stereocenters. The van der Waals surface area contributed by atoms with Gasteiger partial charge in [-0.15, -0.1) is 11.3 Å². The van der Waals surface area contributed by atoms with E-state index in [1.165, 1.54) is 18.2 Å². The second kappa shape index (κ2) is 4.21. The van der Waals surface area contributed by atoms with Crippen molar-refractivity contribution in [2.24, 2.45) is 5.73 Å². The van der Waals surface area contributed by atoms with Crippen molar-refractivity contribution in [3.05, 3.63) is 40.4 Å². The largest absolute Gasteiger partial charge is 0.383 e. The summed E-state index contributed by atoms with van der Waals surface area (Å²) in [4.78, 5) is 4.47. The summed E-state index contributed by atoms with van der Waals surface area (Å²) in [7, 11) is 0. The van der Waals surface area contributed by atoms with E-state index >= 15 is 0 Å². The van der Waals surface area contributed by atoms with Crippen LogP contribution in [0.2, 0.25) is 0 Å². The molecule has 3 nitrogen and oxygen atoms in total. The van der Waals surface area contributed by atoms with E-state index < -0.39 is 11.6 Å². The molecule has 0 aliphatic heterocycles. The number of nitrogens with two attached hydrogens (primary N) is 1. The third-order valence-corrected chi connectivity index (χ3v) is 3.43. The minimum Gasteiger partial charge on any atom is -0.383 e. The topological polar surface area (TPSA) is 62.8 Å². The lowest BCUT2D eigenvalue weighted by molar-refractivity contribution is 0.589. The molecular formula is C11H9F2N3S. The molecule has 0 spiro atoms. The Morgan fingerprint density at radius 1 is 1.35 bits per heavy atom. The number of rotatable bonds is 2. The number of aryl methyl sites for hydroxylation is 1. The molecule has 1 aromatic carbocycles. The fourth-order valence-corrected chi connectivity index (χ4v) is 2.43. The average molecular weight is 253 g/mol. The van der Waals surface area contributed by atoms with Gasteiger partial charge in [0.05, 0.1) is 16.1 Å². The highest BCUT2D eigenvalue weighted by atomic mass is 32.1. The first-order chi connectivity index (χ1) is 8.00. The molecule has 0 bridgehead atoms. The standard InChI is InChI=1S/C11H9F2N3S/c1-5-9(10(14)15)17-11(16-5)8-6(12)3-2-4-7(8)13/h2-4H,1H3,(H3,14,15). The Balaban J connectivity index is 2.62. The van der Waals surface area contributed by atoms with E-state index in [1.807, 2.05) is 0 Å².